The Morgan fingerprint density at radius 2 is 1.83 bits per heavy atom. The second-order valence-electron chi connectivity index (χ2n) is 8.35. The molecule has 13 nitrogen and oxygen atoms in total. The second-order valence-corrected chi connectivity index (χ2v) is 8.35. The third-order valence-corrected chi connectivity index (χ3v) is 5.55. The number of hydrogen-bond donors (Lipinski definition) is 8. The summed E-state index contributed by atoms with van der Waals surface area (Å²) in [5, 5.41) is 26.7. The van der Waals surface area contributed by atoms with E-state index in [0.29, 0.717) is 5.69 Å². The summed E-state index contributed by atoms with van der Waals surface area (Å²) in [6.45, 7) is 0.659. The number of aromatic amines is 2. The number of H-pyrrole nitrogens is 2. The number of nitrogens with one attached hydrogen (secondary N) is 5. The van der Waals surface area contributed by atoms with Crippen molar-refractivity contribution in [1.29, 1.82) is 0 Å². The molecule has 0 aliphatic rings. The Labute approximate surface area is 205 Å². The van der Waals surface area contributed by atoms with Gasteiger partial charge in [0.1, 0.15) is 6.04 Å². The molecule has 13 heteroatoms. The van der Waals surface area contributed by atoms with E-state index in [2.05, 4.69) is 30.9 Å². The van der Waals surface area contributed by atoms with E-state index in [1.54, 1.807) is 12.4 Å². The molecule has 2 heterocycles. The molecule has 0 radical (unpaired) electrons. The van der Waals surface area contributed by atoms with Gasteiger partial charge in [-0.2, -0.15) is 0 Å². The molecule has 0 fully saturated rings. The zero-order chi connectivity index (χ0) is 26.2. The molecule has 4 atom stereocenters. The first-order valence-electron chi connectivity index (χ1n) is 11.2. The Morgan fingerprint density at radius 3 is 2.50 bits per heavy atom. The van der Waals surface area contributed by atoms with E-state index in [1.807, 2.05) is 24.3 Å². The van der Waals surface area contributed by atoms with E-state index in [4.69, 9.17) is 10.8 Å². The summed E-state index contributed by atoms with van der Waals surface area (Å²) in [4.78, 5) is 59.0. The number of aliphatic hydroxyl groups is 1. The number of carboxylic acid groups (broad SMARTS) is 1. The van der Waals surface area contributed by atoms with Crippen molar-refractivity contribution < 1.29 is 29.4 Å². The lowest BCUT2D eigenvalue weighted by Crippen LogP contribution is -2.55. The molecule has 3 rings (SSSR count). The first kappa shape index (κ1) is 26.4. The zero-order valence-electron chi connectivity index (χ0n) is 19.5. The lowest BCUT2D eigenvalue weighted by Gasteiger charge is -2.21. The number of aliphatic hydroxyl groups excluding tert-OH is 1. The number of amides is 3. The van der Waals surface area contributed by atoms with Crippen LogP contribution < -0.4 is 21.7 Å². The fourth-order valence-corrected chi connectivity index (χ4v) is 3.64. The van der Waals surface area contributed by atoms with Crippen LogP contribution in [0.5, 0.6) is 0 Å². The van der Waals surface area contributed by atoms with Gasteiger partial charge in [-0.3, -0.25) is 14.4 Å². The SMILES string of the molecule is CC(O)C(NC(=O)CNC(=O)C(Cc1c[nH]c2ccccc12)NC(=O)C(N)Cc1cnc[nH]1)C(=O)O. The van der Waals surface area contributed by atoms with Crippen molar-refractivity contribution in [2.24, 2.45) is 5.73 Å². The van der Waals surface area contributed by atoms with Crippen molar-refractivity contribution in [2.75, 3.05) is 6.54 Å². The quantitative estimate of drug-likeness (QED) is 0.147. The minimum Gasteiger partial charge on any atom is -0.480 e. The highest BCUT2D eigenvalue weighted by Crippen LogP contribution is 2.19. The van der Waals surface area contributed by atoms with Crippen molar-refractivity contribution in [3.05, 3.63) is 54.2 Å². The van der Waals surface area contributed by atoms with Gasteiger partial charge >= 0.3 is 5.97 Å². The molecule has 36 heavy (non-hydrogen) atoms. The molecule has 2 aromatic heterocycles. The van der Waals surface area contributed by atoms with Crippen LogP contribution in [-0.2, 0) is 32.0 Å². The Balaban J connectivity index is 1.70. The van der Waals surface area contributed by atoms with Gasteiger partial charge in [0.05, 0.1) is 25.0 Å². The molecule has 0 saturated heterocycles. The largest absolute Gasteiger partial charge is 0.480 e. The predicted octanol–water partition coefficient (Wildman–Crippen LogP) is -1.45. The summed E-state index contributed by atoms with van der Waals surface area (Å²) < 4.78 is 0. The number of nitrogens with two attached hydrogens (primary N) is 1. The minimum absolute atomic E-state index is 0.103. The summed E-state index contributed by atoms with van der Waals surface area (Å²) in [6.07, 6.45) is 3.67. The van der Waals surface area contributed by atoms with Crippen molar-refractivity contribution in [3.8, 4) is 0 Å². The number of imidazole rings is 1. The molecule has 3 aromatic rings. The molecular weight excluding hydrogens is 470 g/mol. The highest BCUT2D eigenvalue weighted by Gasteiger charge is 2.28. The number of aliphatic carboxylic acids is 1. The summed E-state index contributed by atoms with van der Waals surface area (Å²) in [5.41, 5.74) is 8.28. The Kier molecular flexibility index (Phi) is 8.76. The van der Waals surface area contributed by atoms with E-state index in [-0.39, 0.29) is 12.8 Å². The fraction of sp³-hybridized carbons (Fsp3) is 0.348. The van der Waals surface area contributed by atoms with Crippen LogP contribution in [0.2, 0.25) is 0 Å². The Hall–Kier alpha value is -4.23. The molecule has 0 aliphatic carbocycles. The van der Waals surface area contributed by atoms with Gasteiger partial charge in [-0.1, -0.05) is 18.2 Å². The molecule has 4 unspecified atom stereocenters. The Bertz CT molecular complexity index is 1210. The molecule has 9 N–H and O–H groups in total. The molecule has 0 saturated carbocycles. The normalized spacial score (nSPS) is 14.4. The lowest BCUT2D eigenvalue weighted by atomic mass is 10.0. The monoisotopic (exact) mass is 499 g/mol. The molecule has 0 bridgehead atoms. The maximum absolute atomic E-state index is 13.0. The average molecular weight is 500 g/mol. The lowest BCUT2D eigenvalue weighted by molar-refractivity contribution is -0.144. The van der Waals surface area contributed by atoms with Crippen LogP contribution in [0.3, 0.4) is 0 Å². The van der Waals surface area contributed by atoms with Crippen LogP contribution in [0.4, 0.5) is 0 Å². The van der Waals surface area contributed by atoms with E-state index in [0.717, 1.165) is 16.5 Å². The number of hydrogen-bond acceptors (Lipinski definition) is 7. The van der Waals surface area contributed by atoms with Gasteiger partial charge in [0.25, 0.3) is 0 Å². The molecule has 3 amide bonds. The smallest absolute Gasteiger partial charge is 0.328 e. The average Bonchev–Trinajstić information content (AvgIpc) is 3.50. The van der Waals surface area contributed by atoms with E-state index in [1.165, 1.54) is 13.3 Å². The maximum atomic E-state index is 13.0. The summed E-state index contributed by atoms with van der Waals surface area (Å²) in [6, 6.07) is 3.88. The Morgan fingerprint density at radius 1 is 1.08 bits per heavy atom. The van der Waals surface area contributed by atoms with Crippen LogP contribution in [-0.4, -0.2) is 79.6 Å². The number of carbonyl (C=O) groups excluding carboxylic acids is 3. The van der Waals surface area contributed by atoms with Gasteiger partial charge in [0.2, 0.25) is 17.7 Å². The van der Waals surface area contributed by atoms with E-state index >= 15 is 0 Å². The fourth-order valence-electron chi connectivity index (χ4n) is 3.64. The molecule has 0 aliphatic heterocycles. The van der Waals surface area contributed by atoms with Crippen molar-refractivity contribution in [3.63, 3.8) is 0 Å². The van der Waals surface area contributed by atoms with Gasteiger partial charge in [-0.25, -0.2) is 9.78 Å². The van der Waals surface area contributed by atoms with Gasteiger partial charge in [0.15, 0.2) is 6.04 Å². The first-order chi connectivity index (χ1) is 17.2. The van der Waals surface area contributed by atoms with E-state index < -0.39 is 54.5 Å². The molecule has 192 valence electrons. The number of fused-ring (bicyclic) bond motifs is 1. The highest BCUT2D eigenvalue weighted by molar-refractivity contribution is 5.93. The third-order valence-electron chi connectivity index (χ3n) is 5.55. The number of nitrogens with zero attached hydrogens (tertiary/aromatic N) is 1. The van der Waals surface area contributed by atoms with Crippen LogP contribution >= 0.6 is 0 Å². The zero-order valence-corrected chi connectivity index (χ0v) is 19.5. The van der Waals surface area contributed by atoms with Gasteiger partial charge in [-0.15, -0.1) is 0 Å². The third kappa shape index (κ3) is 6.90. The van der Waals surface area contributed by atoms with Crippen molar-refractivity contribution >= 4 is 34.6 Å². The molecular formula is C23H29N7O6. The summed E-state index contributed by atoms with van der Waals surface area (Å²) >= 11 is 0. The van der Waals surface area contributed by atoms with Crippen LogP contribution in [0.25, 0.3) is 10.9 Å². The number of para-hydroxylation sites is 1. The van der Waals surface area contributed by atoms with Crippen LogP contribution in [0.15, 0.2) is 43.0 Å². The number of aromatic nitrogens is 3. The topological polar surface area (TPSA) is 215 Å². The van der Waals surface area contributed by atoms with E-state index in [9.17, 15) is 24.3 Å². The number of rotatable bonds is 12. The molecule has 1 aromatic carbocycles. The molecule has 0 spiro atoms. The maximum Gasteiger partial charge on any atom is 0.328 e. The van der Waals surface area contributed by atoms with Gasteiger partial charge < -0.3 is 41.9 Å². The highest BCUT2D eigenvalue weighted by atomic mass is 16.4. The van der Waals surface area contributed by atoms with Gasteiger partial charge in [-0.05, 0) is 18.6 Å². The number of carboxylic acids is 1. The van der Waals surface area contributed by atoms with Crippen LogP contribution in [0, 0.1) is 0 Å². The number of benzene rings is 1. The van der Waals surface area contributed by atoms with Crippen molar-refractivity contribution in [2.45, 2.75) is 44.0 Å². The predicted molar refractivity (Wildman–Crippen MR) is 128 cm³/mol. The number of carbonyl (C=O) groups is 4. The summed E-state index contributed by atoms with van der Waals surface area (Å²) in [5.74, 6) is -3.47. The second kappa shape index (κ2) is 12.0. The summed E-state index contributed by atoms with van der Waals surface area (Å²) in [7, 11) is 0. The van der Waals surface area contributed by atoms with Gasteiger partial charge in [0, 0.05) is 41.8 Å². The van der Waals surface area contributed by atoms with Crippen molar-refractivity contribution in [1.82, 2.24) is 30.9 Å². The van der Waals surface area contributed by atoms with Crippen LogP contribution in [0.1, 0.15) is 18.2 Å². The minimum atomic E-state index is -1.53. The standard InChI is InChI=1S/C23H29N7O6/c1-12(31)20(23(35)36)30-19(32)10-27-22(34)18(6-13-8-26-17-5-3-2-4-15(13)17)29-21(33)16(24)7-14-9-25-11-28-14/h2-5,8-9,11-12,16,18,20,26,31H,6-7,10,24H2,1H3,(H,25,28)(H,27,34)(H,29,33)(H,30,32)(H,35,36). The first-order valence-corrected chi connectivity index (χ1v) is 11.2.